The Hall–Kier alpha value is -1.66. The number of aryl methyl sites for hydroxylation is 1. The molecular weight excluding hydrogens is 402 g/mol. The lowest BCUT2D eigenvalue weighted by Gasteiger charge is -2.11. The molecule has 108 valence electrons. The third-order valence-electron chi connectivity index (χ3n) is 2.80. The molecule has 0 atom stereocenters. The van der Waals surface area contributed by atoms with Gasteiger partial charge in [0.2, 0.25) is 0 Å². The molecule has 0 bridgehead atoms. The van der Waals surface area contributed by atoms with Crippen LogP contribution in [0.3, 0.4) is 0 Å². The molecule has 2 N–H and O–H groups in total. The number of hydrogen-bond acceptors (Lipinski definition) is 2. The Morgan fingerprint density at radius 2 is 1.62 bits per heavy atom. The SMILES string of the molecule is Cc1cc(Br)c(NC(=O)c2cccc(C(=O)O)c2)c(Br)c1. The van der Waals surface area contributed by atoms with E-state index in [1.54, 1.807) is 6.07 Å². The molecule has 0 aliphatic carbocycles. The summed E-state index contributed by atoms with van der Waals surface area (Å²) in [5, 5.41) is 11.7. The van der Waals surface area contributed by atoms with Crippen LogP contribution in [0, 0.1) is 6.92 Å². The summed E-state index contributed by atoms with van der Waals surface area (Å²) < 4.78 is 1.49. The fourth-order valence-corrected chi connectivity index (χ4v) is 3.41. The number of rotatable bonds is 3. The zero-order valence-electron chi connectivity index (χ0n) is 11.0. The number of aromatic carboxylic acids is 1. The highest BCUT2D eigenvalue weighted by atomic mass is 79.9. The number of carboxylic acid groups (broad SMARTS) is 1. The molecule has 0 aromatic heterocycles. The minimum Gasteiger partial charge on any atom is -0.478 e. The Balaban J connectivity index is 2.30. The summed E-state index contributed by atoms with van der Waals surface area (Å²) >= 11 is 6.80. The number of amides is 1. The minimum absolute atomic E-state index is 0.0738. The van der Waals surface area contributed by atoms with Gasteiger partial charge in [0.05, 0.1) is 11.3 Å². The number of carboxylic acids is 1. The van der Waals surface area contributed by atoms with Gasteiger partial charge in [0.25, 0.3) is 5.91 Å². The quantitative estimate of drug-likeness (QED) is 0.781. The van der Waals surface area contributed by atoms with Crippen molar-refractivity contribution < 1.29 is 14.7 Å². The first-order valence-electron chi connectivity index (χ1n) is 5.99. The van der Waals surface area contributed by atoms with E-state index in [1.165, 1.54) is 18.2 Å². The van der Waals surface area contributed by atoms with Gasteiger partial charge in [-0.1, -0.05) is 6.07 Å². The van der Waals surface area contributed by atoms with Crippen molar-refractivity contribution in [1.82, 2.24) is 0 Å². The van der Waals surface area contributed by atoms with Crippen LogP contribution in [0.4, 0.5) is 5.69 Å². The van der Waals surface area contributed by atoms with E-state index in [2.05, 4.69) is 37.2 Å². The molecule has 0 aliphatic heterocycles. The summed E-state index contributed by atoms with van der Waals surface area (Å²) in [6, 6.07) is 9.65. The summed E-state index contributed by atoms with van der Waals surface area (Å²) in [7, 11) is 0. The first kappa shape index (κ1) is 15.7. The van der Waals surface area contributed by atoms with Gasteiger partial charge in [0.15, 0.2) is 0 Å². The van der Waals surface area contributed by atoms with Gasteiger partial charge in [0.1, 0.15) is 0 Å². The second-order valence-electron chi connectivity index (χ2n) is 4.44. The predicted octanol–water partition coefficient (Wildman–Crippen LogP) is 4.47. The van der Waals surface area contributed by atoms with E-state index in [1.807, 2.05) is 19.1 Å². The highest BCUT2D eigenvalue weighted by Crippen LogP contribution is 2.32. The Labute approximate surface area is 138 Å². The molecule has 0 spiro atoms. The molecule has 0 radical (unpaired) electrons. The van der Waals surface area contributed by atoms with Crippen LogP contribution >= 0.6 is 31.9 Å². The molecule has 2 aromatic carbocycles. The van der Waals surface area contributed by atoms with Crippen LogP contribution in [0.25, 0.3) is 0 Å². The smallest absolute Gasteiger partial charge is 0.335 e. The number of carbonyl (C=O) groups is 2. The van der Waals surface area contributed by atoms with E-state index in [4.69, 9.17) is 5.11 Å². The number of anilines is 1. The first-order valence-corrected chi connectivity index (χ1v) is 7.57. The second-order valence-corrected chi connectivity index (χ2v) is 6.15. The van der Waals surface area contributed by atoms with Crippen LogP contribution in [0.2, 0.25) is 0 Å². The Morgan fingerprint density at radius 3 is 2.19 bits per heavy atom. The van der Waals surface area contributed by atoms with E-state index < -0.39 is 5.97 Å². The number of benzene rings is 2. The minimum atomic E-state index is -1.07. The third-order valence-corrected chi connectivity index (χ3v) is 4.05. The van der Waals surface area contributed by atoms with Gasteiger partial charge in [-0.3, -0.25) is 4.79 Å². The van der Waals surface area contributed by atoms with Crippen LogP contribution in [0.15, 0.2) is 45.3 Å². The monoisotopic (exact) mass is 411 g/mol. The van der Waals surface area contributed by atoms with E-state index in [0.29, 0.717) is 5.69 Å². The molecule has 0 unspecified atom stereocenters. The van der Waals surface area contributed by atoms with Gasteiger partial charge in [-0.15, -0.1) is 0 Å². The highest BCUT2D eigenvalue weighted by Gasteiger charge is 2.13. The molecule has 0 heterocycles. The lowest BCUT2D eigenvalue weighted by atomic mass is 10.1. The average molecular weight is 413 g/mol. The van der Waals surface area contributed by atoms with E-state index >= 15 is 0 Å². The number of carbonyl (C=O) groups excluding carboxylic acids is 1. The van der Waals surface area contributed by atoms with Crippen LogP contribution in [-0.2, 0) is 0 Å². The molecule has 2 aromatic rings. The van der Waals surface area contributed by atoms with Gasteiger partial charge in [0, 0.05) is 14.5 Å². The lowest BCUT2D eigenvalue weighted by molar-refractivity contribution is 0.0697. The van der Waals surface area contributed by atoms with Crippen molar-refractivity contribution in [3.05, 3.63) is 62.0 Å². The summed E-state index contributed by atoms with van der Waals surface area (Å²) in [4.78, 5) is 23.2. The van der Waals surface area contributed by atoms with Crippen LogP contribution < -0.4 is 5.32 Å². The van der Waals surface area contributed by atoms with Crippen molar-refractivity contribution in [2.45, 2.75) is 6.92 Å². The molecule has 1 amide bonds. The van der Waals surface area contributed by atoms with Gasteiger partial charge in [-0.2, -0.15) is 0 Å². The van der Waals surface area contributed by atoms with Crippen molar-refractivity contribution in [3.63, 3.8) is 0 Å². The Morgan fingerprint density at radius 1 is 1.05 bits per heavy atom. The molecule has 0 aliphatic rings. The van der Waals surface area contributed by atoms with Gasteiger partial charge < -0.3 is 10.4 Å². The largest absolute Gasteiger partial charge is 0.478 e. The highest BCUT2D eigenvalue weighted by molar-refractivity contribution is 9.11. The van der Waals surface area contributed by atoms with Gasteiger partial charge in [-0.25, -0.2) is 4.79 Å². The Bertz CT molecular complexity index is 706. The molecular formula is C15H11Br2NO3. The summed E-state index contributed by atoms with van der Waals surface area (Å²) in [6.07, 6.45) is 0. The lowest BCUT2D eigenvalue weighted by Crippen LogP contribution is -2.13. The van der Waals surface area contributed by atoms with Gasteiger partial charge >= 0.3 is 5.97 Å². The van der Waals surface area contributed by atoms with Crippen molar-refractivity contribution in [3.8, 4) is 0 Å². The maximum Gasteiger partial charge on any atom is 0.335 e. The fourth-order valence-electron chi connectivity index (χ4n) is 1.80. The molecule has 21 heavy (non-hydrogen) atoms. The topological polar surface area (TPSA) is 66.4 Å². The van der Waals surface area contributed by atoms with E-state index in [-0.39, 0.29) is 17.0 Å². The van der Waals surface area contributed by atoms with Crippen molar-refractivity contribution in [2.24, 2.45) is 0 Å². The predicted molar refractivity (Wildman–Crippen MR) is 87.9 cm³/mol. The summed E-state index contributed by atoms with van der Waals surface area (Å²) in [5.74, 6) is -1.44. The summed E-state index contributed by atoms with van der Waals surface area (Å²) in [6.45, 7) is 1.94. The number of nitrogens with one attached hydrogen (secondary N) is 1. The van der Waals surface area contributed by atoms with Crippen LogP contribution in [0.1, 0.15) is 26.3 Å². The number of hydrogen-bond donors (Lipinski definition) is 2. The molecule has 0 saturated heterocycles. The zero-order chi connectivity index (χ0) is 15.6. The van der Waals surface area contributed by atoms with Crippen molar-refractivity contribution in [2.75, 3.05) is 5.32 Å². The second kappa shape index (κ2) is 6.41. The first-order chi connectivity index (χ1) is 9.88. The zero-order valence-corrected chi connectivity index (χ0v) is 14.2. The van der Waals surface area contributed by atoms with E-state index in [0.717, 1.165) is 14.5 Å². The molecule has 2 rings (SSSR count). The van der Waals surface area contributed by atoms with E-state index in [9.17, 15) is 9.59 Å². The van der Waals surface area contributed by atoms with Crippen LogP contribution in [-0.4, -0.2) is 17.0 Å². The third kappa shape index (κ3) is 3.71. The van der Waals surface area contributed by atoms with Crippen LogP contribution in [0.5, 0.6) is 0 Å². The fraction of sp³-hybridized carbons (Fsp3) is 0.0667. The molecule has 0 saturated carbocycles. The maximum absolute atomic E-state index is 12.2. The maximum atomic E-state index is 12.2. The summed E-state index contributed by atoms with van der Waals surface area (Å²) in [5.41, 5.74) is 2.00. The average Bonchev–Trinajstić information content (AvgIpc) is 2.42. The van der Waals surface area contributed by atoms with Crippen molar-refractivity contribution in [1.29, 1.82) is 0 Å². The molecule has 4 nitrogen and oxygen atoms in total. The normalized spacial score (nSPS) is 10.2. The Kier molecular flexibility index (Phi) is 4.80. The molecule has 0 fully saturated rings. The molecule has 6 heteroatoms. The van der Waals surface area contributed by atoms with Gasteiger partial charge in [-0.05, 0) is 74.7 Å². The standard InChI is InChI=1S/C15H11Br2NO3/c1-8-5-11(16)13(12(17)6-8)18-14(19)9-3-2-4-10(7-9)15(20)21/h2-7H,1H3,(H,18,19)(H,20,21). The number of halogens is 2. The van der Waals surface area contributed by atoms with Crippen molar-refractivity contribution >= 4 is 49.4 Å².